The Morgan fingerprint density at radius 2 is 1.89 bits per heavy atom. The van der Waals surface area contributed by atoms with Crippen LogP contribution in [0.25, 0.3) is 0 Å². The van der Waals surface area contributed by atoms with Crippen molar-refractivity contribution >= 4 is 18.6 Å². The zero-order valence-corrected chi connectivity index (χ0v) is 10.5. The first-order chi connectivity index (χ1) is 8.43. The summed E-state index contributed by atoms with van der Waals surface area (Å²) in [4.78, 5) is 48.5. The van der Waals surface area contributed by atoms with E-state index in [4.69, 9.17) is 4.74 Å². The fourth-order valence-corrected chi connectivity index (χ4v) is 1.62. The number of hydrogen-bond donors (Lipinski definition) is 3. The van der Waals surface area contributed by atoms with Crippen molar-refractivity contribution in [2.45, 2.75) is 25.1 Å². The van der Waals surface area contributed by atoms with Gasteiger partial charge in [0.05, 0.1) is 13.0 Å². The van der Waals surface area contributed by atoms with Crippen molar-refractivity contribution in [3.63, 3.8) is 0 Å². The molecule has 0 spiro atoms. The van der Waals surface area contributed by atoms with Gasteiger partial charge in [0, 0.05) is 11.8 Å². The van der Waals surface area contributed by atoms with Crippen LogP contribution in [0.3, 0.4) is 0 Å². The van der Waals surface area contributed by atoms with Gasteiger partial charge in [-0.05, 0) is 6.92 Å². The zero-order valence-electron chi connectivity index (χ0n) is 9.63. The van der Waals surface area contributed by atoms with Gasteiger partial charge in [-0.25, -0.2) is 19.0 Å². The summed E-state index contributed by atoms with van der Waals surface area (Å²) in [6.45, 7) is 1.81. The highest BCUT2D eigenvalue weighted by Gasteiger charge is 2.14. The molecule has 1 aromatic rings. The average molecular weight is 275 g/mol. The van der Waals surface area contributed by atoms with Gasteiger partial charge in [0.1, 0.15) is 0 Å². The number of aromatic amines is 2. The number of nitrogens with one attached hydrogen (secondary N) is 2. The standard InChI is InChI=1S/C9H13N3O5S/c1-2-17-6(13)3-5(18)4-12-8(15)10-7(14)11-9(12)16/h5,18H,2-4H2,1H3,(H2,10,11,14,15,16). The maximum Gasteiger partial charge on any atom is 0.333 e. The Bertz CT molecular complexity index is 553. The number of esters is 1. The van der Waals surface area contributed by atoms with Crippen LogP contribution in [0.5, 0.6) is 0 Å². The van der Waals surface area contributed by atoms with E-state index in [1.54, 1.807) is 6.92 Å². The molecule has 0 amide bonds. The molecular formula is C9H13N3O5S. The van der Waals surface area contributed by atoms with Gasteiger partial charge in [-0.15, -0.1) is 0 Å². The Kier molecular flexibility index (Phi) is 4.95. The molecule has 0 aliphatic rings. The molecule has 1 heterocycles. The van der Waals surface area contributed by atoms with E-state index in [0.29, 0.717) is 0 Å². The van der Waals surface area contributed by atoms with Gasteiger partial charge in [-0.3, -0.25) is 14.8 Å². The summed E-state index contributed by atoms with van der Waals surface area (Å²) in [5, 5.41) is -0.561. The lowest BCUT2D eigenvalue weighted by Gasteiger charge is -2.10. The van der Waals surface area contributed by atoms with Crippen molar-refractivity contribution in [1.82, 2.24) is 14.5 Å². The summed E-state index contributed by atoms with van der Waals surface area (Å²) in [7, 11) is 0. The number of thiol groups is 1. The van der Waals surface area contributed by atoms with Gasteiger partial charge in [-0.1, -0.05) is 0 Å². The van der Waals surface area contributed by atoms with Gasteiger partial charge in [-0.2, -0.15) is 12.6 Å². The molecule has 0 aliphatic heterocycles. The number of aromatic nitrogens is 3. The highest BCUT2D eigenvalue weighted by atomic mass is 32.1. The SMILES string of the molecule is CCOC(=O)CC(S)Cn1c(=O)[nH]c(=O)[nH]c1=O. The molecule has 0 aliphatic carbocycles. The monoisotopic (exact) mass is 275 g/mol. The lowest BCUT2D eigenvalue weighted by Crippen LogP contribution is -2.44. The van der Waals surface area contributed by atoms with E-state index in [1.165, 1.54) is 0 Å². The summed E-state index contributed by atoms with van der Waals surface area (Å²) >= 11 is 4.09. The smallest absolute Gasteiger partial charge is 0.333 e. The maximum absolute atomic E-state index is 11.3. The molecule has 1 atom stereocenters. The fourth-order valence-electron chi connectivity index (χ4n) is 1.31. The van der Waals surface area contributed by atoms with Gasteiger partial charge < -0.3 is 4.74 Å². The second-order valence-electron chi connectivity index (χ2n) is 3.46. The normalized spacial score (nSPS) is 12.1. The molecule has 0 saturated carbocycles. The number of nitrogens with zero attached hydrogens (tertiary/aromatic N) is 1. The Labute approximate surface area is 106 Å². The molecule has 0 saturated heterocycles. The fraction of sp³-hybridized carbons (Fsp3) is 0.556. The zero-order chi connectivity index (χ0) is 13.7. The van der Waals surface area contributed by atoms with Gasteiger partial charge >= 0.3 is 23.0 Å². The third-order valence-corrected chi connectivity index (χ3v) is 2.38. The number of carbonyl (C=O) groups excluding carboxylic acids is 1. The van der Waals surface area contributed by atoms with Crippen molar-refractivity contribution in [3.05, 3.63) is 31.5 Å². The number of ether oxygens (including phenoxy) is 1. The van der Waals surface area contributed by atoms with E-state index in [0.717, 1.165) is 4.57 Å². The summed E-state index contributed by atoms with van der Waals surface area (Å²) in [6.07, 6.45) is -0.0397. The molecule has 9 heteroatoms. The first-order valence-electron chi connectivity index (χ1n) is 5.21. The summed E-state index contributed by atoms with van der Waals surface area (Å²) in [5.74, 6) is -0.466. The van der Waals surface area contributed by atoms with Gasteiger partial charge in [0.15, 0.2) is 0 Å². The maximum atomic E-state index is 11.3. The van der Waals surface area contributed by atoms with E-state index in [9.17, 15) is 19.2 Å². The van der Waals surface area contributed by atoms with Crippen molar-refractivity contribution in [1.29, 1.82) is 0 Å². The predicted octanol–water partition coefficient (Wildman–Crippen LogP) is -1.52. The van der Waals surface area contributed by atoms with E-state index in [-0.39, 0.29) is 19.6 Å². The highest BCUT2D eigenvalue weighted by Crippen LogP contribution is 2.04. The van der Waals surface area contributed by atoms with Crippen LogP contribution >= 0.6 is 12.6 Å². The second kappa shape index (κ2) is 6.24. The van der Waals surface area contributed by atoms with Crippen molar-refractivity contribution in [3.8, 4) is 0 Å². The van der Waals surface area contributed by atoms with Crippen LogP contribution in [-0.4, -0.2) is 32.4 Å². The largest absolute Gasteiger partial charge is 0.466 e. The minimum atomic E-state index is -0.873. The molecule has 18 heavy (non-hydrogen) atoms. The van der Waals surface area contributed by atoms with Crippen LogP contribution in [0.4, 0.5) is 0 Å². The quantitative estimate of drug-likeness (QED) is 0.446. The molecule has 2 N–H and O–H groups in total. The van der Waals surface area contributed by atoms with Crippen molar-refractivity contribution in [2.24, 2.45) is 0 Å². The minimum absolute atomic E-state index is 0.0397. The van der Waals surface area contributed by atoms with Crippen molar-refractivity contribution in [2.75, 3.05) is 6.61 Å². The van der Waals surface area contributed by atoms with E-state index in [2.05, 4.69) is 12.6 Å². The van der Waals surface area contributed by atoms with Crippen LogP contribution in [0.2, 0.25) is 0 Å². The number of carbonyl (C=O) groups is 1. The van der Waals surface area contributed by atoms with Gasteiger partial charge in [0.25, 0.3) is 0 Å². The van der Waals surface area contributed by atoms with Crippen LogP contribution in [-0.2, 0) is 16.1 Å². The molecule has 0 bridgehead atoms. The molecule has 1 rings (SSSR count). The Morgan fingerprint density at radius 3 is 2.39 bits per heavy atom. The van der Waals surface area contributed by atoms with Crippen LogP contribution in [0.1, 0.15) is 13.3 Å². The van der Waals surface area contributed by atoms with Crippen LogP contribution in [0.15, 0.2) is 14.4 Å². The molecule has 0 fully saturated rings. The Hall–Kier alpha value is -1.77. The van der Waals surface area contributed by atoms with E-state index < -0.39 is 28.3 Å². The number of H-pyrrole nitrogens is 2. The summed E-state index contributed by atoms with van der Waals surface area (Å²) < 4.78 is 5.47. The third kappa shape index (κ3) is 3.91. The predicted molar refractivity (Wildman–Crippen MR) is 66.0 cm³/mol. The average Bonchev–Trinajstić information content (AvgIpc) is 2.23. The molecule has 0 aromatic carbocycles. The first kappa shape index (κ1) is 14.3. The third-order valence-electron chi connectivity index (χ3n) is 2.03. The molecule has 8 nitrogen and oxygen atoms in total. The number of hydrogen-bond acceptors (Lipinski definition) is 6. The second-order valence-corrected chi connectivity index (χ2v) is 4.19. The van der Waals surface area contributed by atoms with E-state index >= 15 is 0 Å². The lowest BCUT2D eigenvalue weighted by molar-refractivity contribution is -0.143. The van der Waals surface area contributed by atoms with E-state index in [1.807, 2.05) is 9.97 Å². The van der Waals surface area contributed by atoms with Crippen molar-refractivity contribution < 1.29 is 9.53 Å². The van der Waals surface area contributed by atoms with Crippen LogP contribution < -0.4 is 17.1 Å². The molecule has 1 aromatic heterocycles. The minimum Gasteiger partial charge on any atom is -0.466 e. The number of rotatable bonds is 5. The lowest BCUT2D eigenvalue weighted by atomic mass is 10.3. The molecule has 0 radical (unpaired) electrons. The molecular weight excluding hydrogens is 262 g/mol. The first-order valence-corrected chi connectivity index (χ1v) is 5.72. The van der Waals surface area contributed by atoms with Crippen LogP contribution in [0, 0.1) is 0 Å². The summed E-state index contributed by atoms with van der Waals surface area (Å²) in [5.41, 5.74) is -2.55. The Balaban J connectivity index is 2.80. The Morgan fingerprint density at radius 1 is 1.33 bits per heavy atom. The summed E-state index contributed by atoms with van der Waals surface area (Å²) in [6, 6.07) is 0. The molecule has 100 valence electrons. The topological polar surface area (TPSA) is 114 Å². The highest BCUT2D eigenvalue weighted by molar-refractivity contribution is 7.81. The molecule has 1 unspecified atom stereocenters. The van der Waals surface area contributed by atoms with Gasteiger partial charge in [0.2, 0.25) is 0 Å².